The quantitative estimate of drug-likeness (QED) is 0.841. The van der Waals surface area contributed by atoms with Gasteiger partial charge in [0.2, 0.25) is 0 Å². The summed E-state index contributed by atoms with van der Waals surface area (Å²) >= 11 is 0. The van der Waals surface area contributed by atoms with Gasteiger partial charge in [-0.25, -0.2) is 0 Å². The smallest absolute Gasteiger partial charge is 0.142 e. The van der Waals surface area contributed by atoms with Crippen LogP contribution in [0.4, 0.5) is 5.69 Å². The largest absolute Gasteiger partial charge is 0.495 e. The number of anilines is 1. The van der Waals surface area contributed by atoms with Crippen LogP contribution in [-0.4, -0.2) is 19.7 Å². The third kappa shape index (κ3) is 2.72. The fourth-order valence-corrected chi connectivity index (χ4v) is 2.63. The van der Waals surface area contributed by atoms with Gasteiger partial charge in [-0.1, -0.05) is 12.5 Å². The Morgan fingerprint density at radius 1 is 1.41 bits per heavy atom. The van der Waals surface area contributed by atoms with Crippen LogP contribution in [0.1, 0.15) is 24.8 Å². The molecule has 0 radical (unpaired) electrons. The summed E-state index contributed by atoms with van der Waals surface area (Å²) in [6.07, 6.45) is 3.72. The van der Waals surface area contributed by atoms with Crippen LogP contribution in [0.25, 0.3) is 0 Å². The number of hydrogen-bond donors (Lipinski definition) is 2. The highest BCUT2D eigenvalue weighted by Gasteiger charge is 2.26. The molecule has 17 heavy (non-hydrogen) atoms. The van der Waals surface area contributed by atoms with Crippen LogP contribution in [0, 0.1) is 12.8 Å². The lowest BCUT2D eigenvalue weighted by Gasteiger charge is -2.22. The summed E-state index contributed by atoms with van der Waals surface area (Å²) in [4.78, 5) is 0. The zero-order chi connectivity index (χ0) is 12.3. The molecule has 2 rings (SSSR count). The Bertz CT molecular complexity index is 378. The van der Waals surface area contributed by atoms with E-state index in [0.717, 1.165) is 18.0 Å². The van der Waals surface area contributed by atoms with Crippen molar-refractivity contribution < 1.29 is 4.74 Å². The Kier molecular flexibility index (Phi) is 3.89. The molecule has 3 heteroatoms. The Balaban J connectivity index is 2.12. The van der Waals surface area contributed by atoms with Crippen LogP contribution in [-0.2, 0) is 0 Å². The summed E-state index contributed by atoms with van der Waals surface area (Å²) in [6.45, 7) is 2.84. The van der Waals surface area contributed by atoms with Crippen molar-refractivity contribution in [2.75, 3.05) is 19.0 Å². The maximum absolute atomic E-state index is 5.80. The standard InChI is InChI=1S/C14H22N2O/c1-10-6-7-13(14(8-10)17-2)16-12-5-3-4-11(12)9-15/h6-8,11-12,16H,3-5,9,15H2,1-2H3. The summed E-state index contributed by atoms with van der Waals surface area (Å²) in [5, 5.41) is 3.58. The molecule has 94 valence electrons. The van der Waals surface area contributed by atoms with Crippen molar-refractivity contribution >= 4 is 5.69 Å². The van der Waals surface area contributed by atoms with Crippen molar-refractivity contribution in [2.24, 2.45) is 11.7 Å². The number of hydrogen-bond acceptors (Lipinski definition) is 3. The number of ether oxygens (including phenoxy) is 1. The molecule has 0 saturated heterocycles. The van der Waals surface area contributed by atoms with Crippen LogP contribution in [0.3, 0.4) is 0 Å². The van der Waals surface area contributed by atoms with E-state index in [1.807, 2.05) is 0 Å². The summed E-state index contributed by atoms with van der Waals surface area (Å²) < 4.78 is 5.41. The number of nitrogens with two attached hydrogens (primary N) is 1. The van der Waals surface area contributed by atoms with Gasteiger partial charge >= 0.3 is 0 Å². The van der Waals surface area contributed by atoms with E-state index in [0.29, 0.717) is 12.0 Å². The van der Waals surface area contributed by atoms with Crippen molar-refractivity contribution in [3.8, 4) is 5.75 Å². The van der Waals surface area contributed by atoms with Gasteiger partial charge < -0.3 is 15.8 Å². The van der Waals surface area contributed by atoms with Crippen molar-refractivity contribution in [3.05, 3.63) is 23.8 Å². The van der Waals surface area contributed by atoms with Gasteiger partial charge in [0.15, 0.2) is 0 Å². The molecule has 0 heterocycles. The first-order chi connectivity index (χ1) is 8.24. The lowest BCUT2D eigenvalue weighted by Crippen LogP contribution is -2.29. The fraction of sp³-hybridized carbons (Fsp3) is 0.571. The molecule has 1 aromatic carbocycles. The van der Waals surface area contributed by atoms with Gasteiger partial charge in [0.25, 0.3) is 0 Å². The molecule has 1 aromatic rings. The van der Waals surface area contributed by atoms with E-state index >= 15 is 0 Å². The first-order valence-electron chi connectivity index (χ1n) is 6.36. The van der Waals surface area contributed by atoms with Gasteiger partial charge in [-0.05, 0) is 49.9 Å². The van der Waals surface area contributed by atoms with Crippen LogP contribution in [0.15, 0.2) is 18.2 Å². The molecule has 0 bridgehead atoms. The van der Waals surface area contributed by atoms with Crippen LogP contribution < -0.4 is 15.8 Å². The first-order valence-corrected chi connectivity index (χ1v) is 6.36. The molecular formula is C14H22N2O. The highest BCUT2D eigenvalue weighted by atomic mass is 16.5. The molecule has 1 aliphatic rings. The second-order valence-corrected chi connectivity index (χ2v) is 4.88. The topological polar surface area (TPSA) is 47.3 Å². The van der Waals surface area contributed by atoms with Gasteiger partial charge in [-0.2, -0.15) is 0 Å². The number of benzene rings is 1. The SMILES string of the molecule is COc1cc(C)ccc1NC1CCCC1CN. The monoisotopic (exact) mass is 234 g/mol. The number of nitrogens with one attached hydrogen (secondary N) is 1. The van der Waals surface area contributed by atoms with Crippen molar-refractivity contribution in [2.45, 2.75) is 32.2 Å². The molecule has 3 N–H and O–H groups in total. The number of methoxy groups -OCH3 is 1. The van der Waals surface area contributed by atoms with Crippen molar-refractivity contribution in [1.82, 2.24) is 0 Å². The minimum atomic E-state index is 0.497. The van der Waals surface area contributed by atoms with E-state index in [9.17, 15) is 0 Å². The first kappa shape index (κ1) is 12.2. The van der Waals surface area contributed by atoms with Crippen LogP contribution >= 0.6 is 0 Å². The lowest BCUT2D eigenvalue weighted by molar-refractivity contribution is 0.414. The third-order valence-electron chi connectivity index (χ3n) is 3.66. The lowest BCUT2D eigenvalue weighted by atomic mass is 10.0. The average Bonchev–Trinajstić information content (AvgIpc) is 2.78. The maximum Gasteiger partial charge on any atom is 0.142 e. The van der Waals surface area contributed by atoms with Gasteiger partial charge in [0.1, 0.15) is 5.75 Å². The summed E-state index contributed by atoms with van der Waals surface area (Å²) in [7, 11) is 1.72. The minimum absolute atomic E-state index is 0.497. The highest BCUT2D eigenvalue weighted by molar-refractivity contribution is 5.58. The molecule has 1 saturated carbocycles. The Hall–Kier alpha value is -1.22. The van der Waals surface area contributed by atoms with Crippen LogP contribution in [0.5, 0.6) is 5.75 Å². The normalized spacial score (nSPS) is 23.7. The Labute approximate surface area is 103 Å². The van der Waals surface area contributed by atoms with Crippen molar-refractivity contribution in [3.63, 3.8) is 0 Å². The maximum atomic E-state index is 5.80. The average molecular weight is 234 g/mol. The minimum Gasteiger partial charge on any atom is -0.495 e. The second kappa shape index (κ2) is 5.41. The van der Waals surface area contributed by atoms with Gasteiger partial charge in [-0.3, -0.25) is 0 Å². The molecular weight excluding hydrogens is 212 g/mol. The predicted molar refractivity (Wildman–Crippen MR) is 71.5 cm³/mol. The summed E-state index contributed by atoms with van der Waals surface area (Å²) in [5.74, 6) is 1.52. The van der Waals surface area contributed by atoms with Gasteiger partial charge in [0.05, 0.1) is 12.8 Å². The summed E-state index contributed by atoms with van der Waals surface area (Å²) in [6, 6.07) is 6.77. The molecule has 1 fully saturated rings. The fourth-order valence-electron chi connectivity index (χ4n) is 2.63. The van der Waals surface area contributed by atoms with Crippen molar-refractivity contribution in [1.29, 1.82) is 0 Å². The van der Waals surface area contributed by atoms with E-state index in [4.69, 9.17) is 10.5 Å². The number of aryl methyl sites for hydroxylation is 1. The number of rotatable bonds is 4. The summed E-state index contributed by atoms with van der Waals surface area (Å²) in [5.41, 5.74) is 8.10. The zero-order valence-electron chi connectivity index (χ0n) is 10.7. The van der Waals surface area contributed by atoms with Crippen LogP contribution in [0.2, 0.25) is 0 Å². The molecule has 0 spiro atoms. The van der Waals surface area contributed by atoms with Gasteiger partial charge in [-0.15, -0.1) is 0 Å². The van der Waals surface area contributed by atoms with E-state index in [2.05, 4.69) is 30.4 Å². The predicted octanol–water partition coefficient (Wildman–Crippen LogP) is 2.54. The van der Waals surface area contributed by atoms with E-state index in [1.54, 1.807) is 7.11 Å². The van der Waals surface area contributed by atoms with Gasteiger partial charge in [0, 0.05) is 6.04 Å². The molecule has 3 nitrogen and oxygen atoms in total. The molecule has 0 amide bonds. The molecule has 2 unspecified atom stereocenters. The Morgan fingerprint density at radius 2 is 2.24 bits per heavy atom. The van der Waals surface area contributed by atoms with E-state index in [-0.39, 0.29) is 0 Å². The Morgan fingerprint density at radius 3 is 2.94 bits per heavy atom. The molecule has 0 aromatic heterocycles. The third-order valence-corrected chi connectivity index (χ3v) is 3.66. The van der Waals surface area contributed by atoms with E-state index < -0.39 is 0 Å². The highest BCUT2D eigenvalue weighted by Crippen LogP contribution is 2.32. The molecule has 1 aliphatic carbocycles. The molecule has 2 atom stereocenters. The second-order valence-electron chi connectivity index (χ2n) is 4.88. The zero-order valence-corrected chi connectivity index (χ0v) is 10.7. The van der Waals surface area contributed by atoms with E-state index in [1.165, 1.54) is 24.8 Å². The molecule has 0 aliphatic heterocycles.